The van der Waals surface area contributed by atoms with Gasteiger partial charge in [0.1, 0.15) is 11.4 Å². The number of carbonyl (C=O) groups is 1. The van der Waals surface area contributed by atoms with Gasteiger partial charge in [-0.1, -0.05) is 42.0 Å². The normalized spacial score (nSPS) is 10.8. The molecule has 1 N–H and O–H groups in total. The molecule has 36 heavy (non-hydrogen) atoms. The summed E-state index contributed by atoms with van der Waals surface area (Å²) in [5.41, 5.74) is 6.66. The predicted molar refractivity (Wildman–Crippen MR) is 140 cm³/mol. The highest BCUT2D eigenvalue weighted by molar-refractivity contribution is 6.08. The highest BCUT2D eigenvalue weighted by atomic mass is 16.5. The zero-order valence-electron chi connectivity index (χ0n) is 20.3. The van der Waals surface area contributed by atoms with Crippen LogP contribution in [0.3, 0.4) is 0 Å². The number of carbonyl (C=O) groups excluding carboxylic acids is 1. The van der Waals surface area contributed by atoms with Crippen LogP contribution < -0.4 is 10.1 Å². The van der Waals surface area contributed by atoms with Crippen molar-refractivity contribution in [1.82, 2.24) is 19.7 Å². The Morgan fingerprint density at radius 1 is 0.861 bits per heavy atom. The Labute approximate surface area is 209 Å². The highest BCUT2D eigenvalue weighted by Gasteiger charge is 2.21. The van der Waals surface area contributed by atoms with Crippen LogP contribution in [-0.4, -0.2) is 25.7 Å². The topological polar surface area (TPSA) is 81.9 Å². The molecule has 0 aliphatic carbocycles. The molecule has 0 radical (unpaired) electrons. The quantitative estimate of drug-likeness (QED) is 0.312. The second-order valence-corrected chi connectivity index (χ2v) is 8.55. The SMILES string of the molecule is Cc1ccc(-c2nn(-c3ccccc3)cc2C(=O)Nc2ccc(Oc3ncccn3)cc2C)c(C)c1. The standard InChI is InChI=1S/C29H25N5O2/c1-19-10-12-24(20(2)16-19)27-25(18-34(33-27)22-8-5-4-6-9-22)28(35)32-26-13-11-23(17-21(26)3)36-29-30-14-7-15-31-29/h4-18H,1-3H3,(H,32,35). The lowest BCUT2D eigenvalue weighted by Crippen LogP contribution is -2.13. The summed E-state index contributed by atoms with van der Waals surface area (Å²) in [5, 5.41) is 7.85. The number of hydrogen-bond donors (Lipinski definition) is 1. The molecule has 0 spiro atoms. The molecule has 3 aromatic carbocycles. The van der Waals surface area contributed by atoms with Gasteiger partial charge in [0.2, 0.25) is 0 Å². The Morgan fingerprint density at radius 2 is 1.64 bits per heavy atom. The van der Waals surface area contributed by atoms with E-state index in [9.17, 15) is 4.79 Å². The summed E-state index contributed by atoms with van der Waals surface area (Å²) in [6.07, 6.45) is 5.01. The van der Waals surface area contributed by atoms with Crippen LogP contribution in [0.2, 0.25) is 0 Å². The minimum atomic E-state index is -0.240. The van der Waals surface area contributed by atoms with Gasteiger partial charge in [-0.3, -0.25) is 4.79 Å². The van der Waals surface area contributed by atoms with Gasteiger partial charge in [-0.2, -0.15) is 5.10 Å². The van der Waals surface area contributed by atoms with Gasteiger partial charge in [0.25, 0.3) is 5.91 Å². The van der Waals surface area contributed by atoms with Crippen molar-refractivity contribution in [1.29, 1.82) is 0 Å². The van der Waals surface area contributed by atoms with Crippen molar-refractivity contribution in [2.24, 2.45) is 0 Å². The van der Waals surface area contributed by atoms with Crippen molar-refractivity contribution >= 4 is 11.6 Å². The molecule has 0 fully saturated rings. The Balaban J connectivity index is 1.47. The van der Waals surface area contributed by atoms with Gasteiger partial charge in [-0.05, 0) is 68.3 Å². The minimum Gasteiger partial charge on any atom is -0.424 e. The molecular formula is C29H25N5O2. The van der Waals surface area contributed by atoms with Gasteiger partial charge >= 0.3 is 6.01 Å². The number of aryl methyl sites for hydroxylation is 3. The van der Waals surface area contributed by atoms with Crippen molar-refractivity contribution in [2.45, 2.75) is 20.8 Å². The molecule has 0 aliphatic heterocycles. The fourth-order valence-corrected chi connectivity index (χ4v) is 4.00. The lowest BCUT2D eigenvalue weighted by molar-refractivity contribution is 0.102. The van der Waals surface area contributed by atoms with E-state index < -0.39 is 0 Å². The van der Waals surface area contributed by atoms with E-state index in [0.29, 0.717) is 22.7 Å². The van der Waals surface area contributed by atoms with E-state index in [1.165, 1.54) is 0 Å². The first-order valence-electron chi connectivity index (χ1n) is 11.6. The number of anilines is 1. The number of para-hydroxylation sites is 1. The Morgan fingerprint density at radius 3 is 2.36 bits per heavy atom. The fraction of sp³-hybridized carbons (Fsp3) is 0.103. The Bertz CT molecular complexity index is 1530. The van der Waals surface area contributed by atoms with Crippen LogP contribution in [0.25, 0.3) is 16.9 Å². The van der Waals surface area contributed by atoms with Crippen LogP contribution in [0.15, 0.2) is 91.4 Å². The summed E-state index contributed by atoms with van der Waals surface area (Å²) in [6.45, 7) is 5.99. The minimum absolute atomic E-state index is 0.240. The monoisotopic (exact) mass is 475 g/mol. The second-order valence-electron chi connectivity index (χ2n) is 8.55. The third kappa shape index (κ3) is 4.86. The first-order chi connectivity index (χ1) is 17.5. The number of aromatic nitrogens is 4. The number of ether oxygens (including phenoxy) is 1. The maximum Gasteiger partial charge on any atom is 0.321 e. The third-order valence-electron chi connectivity index (χ3n) is 5.81. The van der Waals surface area contributed by atoms with Crippen molar-refractivity contribution in [3.8, 4) is 28.7 Å². The fourth-order valence-electron chi connectivity index (χ4n) is 4.00. The molecule has 2 aromatic heterocycles. The second kappa shape index (κ2) is 9.84. The van der Waals surface area contributed by atoms with Crippen molar-refractivity contribution < 1.29 is 9.53 Å². The molecule has 5 aromatic rings. The van der Waals surface area contributed by atoms with Crippen molar-refractivity contribution in [2.75, 3.05) is 5.32 Å². The first kappa shape index (κ1) is 23.0. The molecule has 0 saturated heterocycles. The molecule has 0 aliphatic rings. The number of nitrogens with one attached hydrogen (secondary N) is 1. The van der Waals surface area contributed by atoms with Gasteiger partial charge in [0.15, 0.2) is 0 Å². The first-order valence-corrected chi connectivity index (χ1v) is 11.6. The zero-order valence-corrected chi connectivity index (χ0v) is 20.3. The van der Waals surface area contributed by atoms with Crippen LogP contribution in [0, 0.1) is 20.8 Å². The zero-order chi connectivity index (χ0) is 25.1. The molecule has 0 atom stereocenters. The molecule has 0 bridgehead atoms. The summed E-state index contributed by atoms with van der Waals surface area (Å²) in [7, 11) is 0. The summed E-state index contributed by atoms with van der Waals surface area (Å²) >= 11 is 0. The van der Waals surface area contributed by atoms with E-state index in [4.69, 9.17) is 9.84 Å². The Kier molecular flexibility index (Phi) is 6.28. The van der Waals surface area contributed by atoms with Gasteiger partial charge < -0.3 is 10.1 Å². The molecule has 1 amide bonds. The average molecular weight is 476 g/mol. The number of nitrogens with zero attached hydrogens (tertiary/aromatic N) is 4. The van der Waals surface area contributed by atoms with Crippen LogP contribution in [0.4, 0.5) is 5.69 Å². The largest absolute Gasteiger partial charge is 0.424 e. The third-order valence-corrected chi connectivity index (χ3v) is 5.81. The Hall–Kier alpha value is -4.78. The maximum absolute atomic E-state index is 13.5. The highest BCUT2D eigenvalue weighted by Crippen LogP contribution is 2.29. The van der Waals surface area contributed by atoms with Crippen LogP contribution >= 0.6 is 0 Å². The molecule has 0 unspecified atom stereocenters. The molecule has 0 saturated carbocycles. The lowest BCUT2D eigenvalue weighted by Gasteiger charge is -2.11. The van der Waals surface area contributed by atoms with Gasteiger partial charge in [-0.15, -0.1) is 0 Å². The maximum atomic E-state index is 13.5. The summed E-state index contributed by atoms with van der Waals surface area (Å²) in [6, 6.07) is 23.3. The molecule has 7 nitrogen and oxygen atoms in total. The van der Waals surface area contributed by atoms with Crippen LogP contribution in [0.1, 0.15) is 27.0 Å². The molecule has 2 heterocycles. The van der Waals surface area contributed by atoms with Crippen molar-refractivity contribution in [3.05, 3.63) is 114 Å². The number of rotatable bonds is 6. The van der Waals surface area contributed by atoms with E-state index >= 15 is 0 Å². The number of amides is 1. The van der Waals surface area contributed by atoms with E-state index in [0.717, 1.165) is 27.9 Å². The lowest BCUT2D eigenvalue weighted by atomic mass is 10.0. The molecule has 5 rings (SSSR count). The van der Waals surface area contributed by atoms with Gasteiger partial charge in [-0.25, -0.2) is 14.6 Å². The predicted octanol–water partition coefficient (Wildman–Crippen LogP) is 6.30. The molecular weight excluding hydrogens is 450 g/mol. The van der Waals surface area contributed by atoms with E-state index in [1.807, 2.05) is 75.4 Å². The van der Waals surface area contributed by atoms with Gasteiger partial charge in [0, 0.05) is 29.8 Å². The smallest absolute Gasteiger partial charge is 0.321 e. The summed E-state index contributed by atoms with van der Waals surface area (Å²) in [5.74, 6) is 0.347. The molecule has 178 valence electrons. The van der Waals surface area contributed by atoms with E-state index in [1.54, 1.807) is 35.4 Å². The van der Waals surface area contributed by atoms with E-state index in [2.05, 4.69) is 21.4 Å². The molecule has 7 heteroatoms. The van der Waals surface area contributed by atoms with Crippen LogP contribution in [-0.2, 0) is 0 Å². The van der Waals surface area contributed by atoms with Crippen LogP contribution in [0.5, 0.6) is 11.8 Å². The number of benzene rings is 3. The number of hydrogen-bond acceptors (Lipinski definition) is 5. The van der Waals surface area contributed by atoms with E-state index in [-0.39, 0.29) is 11.9 Å². The van der Waals surface area contributed by atoms with Crippen molar-refractivity contribution in [3.63, 3.8) is 0 Å². The summed E-state index contributed by atoms with van der Waals surface area (Å²) < 4.78 is 7.45. The van der Waals surface area contributed by atoms with Gasteiger partial charge in [0.05, 0.1) is 11.3 Å². The summed E-state index contributed by atoms with van der Waals surface area (Å²) in [4.78, 5) is 21.7. The average Bonchev–Trinajstić information content (AvgIpc) is 3.32.